The van der Waals surface area contributed by atoms with Gasteiger partial charge in [0.2, 0.25) is 0 Å². The lowest BCUT2D eigenvalue weighted by atomic mass is 10.1. The number of nitrogens with one attached hydrogen (secondary N) is 1. The number of imidazole rings is 1. The number of fused-ring (bicyclic) bond motifs is 1. The second-order valence-corrected chi connectivity index (χ2v) is 7.43. The molecule has 0 fully saturated rings. The van der Waals surface area contributed by atoms with Gasteiger partial charge in [0, 0.05) is 34.4 Å². The molecule has 4 rings (SSSR count). The minimum Gasteiger partial charge on any atom is -0.451 e. The number of nitrogens with zero attached hydrogens (tertiary/aromatic N) is 2. The summed E-state index contributed by atoms with van der Waals surface area (Å²) in [6, 6.07) is 10.5. The van der Waals surface area contributed by atoms with Crippen LogP contribution in [0.1, 0.15) is 27.5 Å². The Morgan fingerprint density at radius 3 is 2.79 bits per heavy atom. The number of aryl methyl sites for hydroxylation is 2. The van der Waals surface area contributed by atoms with Crippen molar-refractivity contribution in [1.82, 2.24) is 14.9 Å². The second-order valence-electron chi connectivity index (χ2n) is 6.51. The van der Waals surface area contributed by atoms with E-state index in [4.69, 9.17) is 4.42 Å². The van der Waals surface area contributed by atoms with Gasteiger partial charge in [-0.1, -0.05) is 22.0 Å². The molecule has 4 aromatic rings. The average Bonchev–Trinajstić information content (AvgIpc) is 3.23. The molecule has 0 atom stereocenters. The lowest BCUT2D eigenvalue weighted by Crippen LogP contribution is -2.23. The number of hydrogen-bond acceptors (Lipinski definition) is 3. The van der Waals surface area contributed by atoms with Crippen molar-refractivity contribution in [2.24, 2.45) is 0 Å². The van der Waals surface area contributed by atoms with Gasteiger partial charge in [0.25, 0.3) is 5.91 Å². The van der Waals surface area contributed by atoms with Gasteiger partial charge in [-0.3, -0.25) is 4.79 Å². The fourth-order valence-electron chi connectivity index (χ4n) is 3.16. The summed E-state index contributed by atoms with van der Waals surface area (Å²) in [6.45, 7) is 3.84. The van der Waals surface area contributed by atoms with Crippen LogP contribution < -0.4 is 5.32 Å². The Labute approximate surface area is 169 Å². The topological polar surface area (TPSA) is 60.1 Å². The summed E-state index contributed by atoms with van der Waals surface area (Å²) in [5.74, 6) is 0.253. The summed E-state index contributed by atoms with van der Waals surface area (Å²) in [5, 5.41) is 3.67. The molecule has 0 unspecified atom stereocenters. The molecule has 7 heteroatoms. The van der Waals surface area contributed by atoms with Crippen molar-refractivity contribution < 1.29 is 13.6 Å². The standard InChI is InChI=1S/C21H17BrFN3O2/c1-12-16-10-15(22)4-6-19(16)28-20(12)21(27)25-11-14-3-5-18(17(23)9-14)26-8-7-24-13(26)2/h3-10H,11H2,1-2H3,(H,25,27). The van der Waals surface area contributed by atoms with E-state index in [0.29, 0.717) is 22.7 Å². The summed E-state index contributed by atoms with van der Waals surface area (Å²) in [5.41, 5.74) is 2.50. The number of benzene rings is 2. The minimum absolute atomic E-state index is 0.194. The molecule has 0 aliphatic carbocycles. The van der Waals surface area contributed by atoms with Crippen LogP contribution in [-0.2, 0) is 6.54 Å². The van der Waals surface area contributed by atoms with Crippen LogP contribution in [0.5, 0.6) is 0 Å². The summed E-state index contributed by atoms with van der Waals surface area (Å²) >= 11 is 3.42. The first kappa shape index (κ1) is 18.4. The summed E-state index contributed by atoms with van der Waals surface area (Å²) in [4.78, 5) is 16.7. The monoisotopic (exact) mass is 441 g/mol. The molecule has 2 aromatic carbocycles. The van der Waals surface area contributed by atoms with Crippen LogP contribution in [-0.4, -0.2) is 15.5 Å². The molecule has 0 radical (unpaired) electrons. The first-order chi connectivity index (χ1) is 13.4. The molecule has 0 saturated heterocycles. The Morgan fingerprint density at radius 1 is 1.25 bits per heavy atom. The third kappa shape index (κ3) is 3.33. The second kappa shape index (κ2) is 7.24. The van der Waals surface area contributed by atoms with Crippen molar-refractivity contribution in [2.45, 2.75) is 20.4 Å². The van der Waals surface area contributed by atoms with E-state index >= 15 is 0 Å². The molecule has 0 saturated carbocycles. The van der Waals surface area contributed by atoms with Gasteiger partial charge in [0.05, 0.1) is 5.69 Å². The zero-order chi connectivity index (χ0) is 19.8. The maximum absolute atomic E-state index is 14.5. The highest BCUT2D eigenvalue weighted by Gasteiger charge is 2.18. The lowest BCUT2D eigenvalue weighted by molar-refractivity contribution is 0.0924. The Hall–Kier alpha value is -2.93. The van der Waals surface area contributed by atoms with E-state index < -0.39 is 0 Å². The van der Waals surface area contributed by atoms with Gasteiger partial charge < -0.3 is 14.3 Å². The average molecular weight is 442 g/mol. The van der Waals surface area contributed by atoms with Crippen molar-refractivity contribution in [2.75, 3.05) is 0 Å². The molecule has 0 aliphatic heterocycles. The fraction of sp³-hybridized carbons (Fsp3) is 0.143. The summed E-state index contributed by atoms with van der Waals surface area (Å²) < 4.78 is 22.8. The largest absolute Gasteiger partial charge is 0.451 e. The molecule has 142 valence electrons. The zero-order valence-electron chi connectivity index (χ0n) is 15.3. The Morgan fingerprint density at radius 2 is 2.07 bits per heavy atom. The van der Waals surface area contributed by atoms with E-state index in [0.717, 1.165) is 15.4 Å². The van der Waals surface area contributed by atoms with Gasteiger partial charge in [-0.25, -0.2) is 9.37 Å². The molecule has 5 nitrogen and oxygen atoms in total. The molecular formula is C21H17BrFN3O2. The van der Waals surface area contributed by atoms with Crippen molar-refractivity contribution in [3.8, 4) is 5.69 Å². The zero-order valence-corrected chi connectivity index (χ0v) is 16.9. The van der Waals surface area contributed by atoms with Crippen LogP contribution in [0.15, 0.2) is 57.7 Å². The number of hydrogen-bond donors (Lipinski definition) is 1. The van der Waals surface area contributed by atoms with Crippen molar-refractivity contribution in [3.05, 3.63) is 81.8 Å². The molecule has 1 amide bonds. The van der Waals surface area contributed by atoms with Crippen molar-refractivity contribution >= 4 is 32.8 Å². The van der Waals surface area contributed by atoms with E-state index in [2.05, 4.69) is 26.2 Å². The maximum Gasteiger partial charge on any atom is 0.287 e. The SMILES string of the molecule is Cc1c(C(=O)NCc2ccc(-n3ccnc3C)c(F)c2)oc2ccc(Br)cc12. The van der Waals surface area contributed by atoms with Crippen LogP contribution in [0.25, 0.3) is 16.7 Å². The number of halogens is 2. The molecular weight excluding hydrogens is 425 g/mol. The van der Waals surface area contributed by atoms with E-state index in [9.17, 15) is 9.18 Å². The fourth-order valence-corrected chi connectivity index (χ4v) is 3.52. The molecule has 0 bridgehead atoms. The van der Waals surface area contributed by atoms with Crippen LogP contribution in [0.2, 0.25) is 0 Å². The van der Waals surface area contributed by atoms with E-state index in [1.807, 2.05) is 32.0 Å². The van der Waals surface area contributed by atoms with Gasteiger partial charge in [-0.05, 0) is 49.7 Å². The first-order valence-electron chi connectivity index (χ1n) is 8.69. The number of carbonyl (C=O) groups excluding carboxylic acids is 1. The van der Waals surface area contributed by atoms with E-state index in [1.165, 1.54) is 6.07 Å². The number of furan rings is 1. The Bertz CT molecular complexity index is 1200. The molecule has 0 aliphatic rings. The number of aromatic nitrogens is 2. The number of rotatable bonds is 4. The highest BCUT2D eigenvalue weighted by atomic mass is 79.9. The molecule has 2 heterocycles. The third-order valence-corrected chi connectivity index (χ3v) is 5.15. The van der Waals surface area contributed by atoms with Crippen LogP contribution in [0, 0.1) is 19.7 Å². The normalized spacial score (nSPS) is 11.1. The molecule has 28 heavy (non-hydrogen) atoms. The van der Waals surface area contributed by atoms with Crippen LogP contribution in [0.4, 0.5) is 4.39 Å². The van der Waals surface area contributed by atoms with Gasteiger partial charge in [-0.15, -0.1) is 0 Å². The molecule has 2 aromatic heterocycles. The van der Waals surface area contributed by atoms with Crippen LogP contribution in [0.3, 0.4) is 0 Å². The van der Waals surface area contributed by atoms with E-state index in [1.54, 1.807) is 29.1 Å². The number of carbonyl (C=O) groups is 1. The summed E-state index contributed by atoms with van der Waals surface area (Å²) in [7, 11) is 0. The third-order valence-electron chi connectivity index (χ3n) is 4.65. The van der Waals surface area contributed by atoms with Gasteiger partial charge >= 0.3 is 0 Å². The minimum atomic E-state index is -0.377. The molecule has 0 spiro atoms. The molecule has 1 N–H and O–H groups in total. The Balaban J connectivity index is 1.52. The predicted molar refractivity (Wildman–Crippen MR) is 108 cm³/mol. The van der Waals surface area contributed by atoms with Gasteiger partial charge in [-0.2, -0.15) is 0 Å². The smallest absolute Gasteiger partial charge is 0.287 e. The van der Waals surface area contributed by atoms with Crippen LogP contribution >= 0.6 is 15.9 Å². The quantitative estimate of drug-likeness (QED) is 0.480. The lowest BCUT2D eigenvalue weighted by Gasteiger charge is -2.09. The van der Waals surface area contributed by atoms with Crippen molar-refractivity contribution in [1.29, 1.82) is 0 Å². The predicted octanol–water partition coefficient (Wildman–Crippen LogP) is 5.07. The number of amides is 1. The van der Waals surface area contributed by atoms with Gasteiger partial charge in [0.15, 0.2) is 5.76 Å². The maximum atomic E-state index is 14.5. The highest BCUT2D eigenvalue weighted by Crippen LogP contribution is 2.28. The summed E-state index contributed by atoms with van der Waals surface area (Å²) in [6.07, 6.45) is 3.33. The van der Waals surface area contributed by atoms with Crippen molar-refractivity contribution in [3.63, 3.8) is 0 Å². The Kier molecular flexibility index (Phi) is 4.77. The van der Waals surface area contributed by atoms with E-state index in [-0.39, 0.29) is 24.0 Å². The first-order valence-corrected chi connectivity index (χ1v) is 9.49. The highest BCUT2D eigenvalue weighted by molar-refractivity contribution is 9.10. The van der Waals surface area contributed by atoms with Gasteiger partial charge in [0.1, 0.15) is 17.2 Å².